The highest BCUT2D eigenvalue weighted by molar-refractivity contribution is 6.11. The number of carbonyl (C=O) groups is 3. The average molecular weight is 286 g/mol. The van der Waals surface area contributed by atoms with E-state index >= 15 is 0 Å². The van der Waals surface area contributed by atoms with Crippen molar-refractivity contribution in [1.82, 2.24) is 15.5 Å². The summed E-state index contributed by atoms with van der Waals surface area (Å²) < 4.78 is 0. The number of nitrogens with zero attached hydrogens (tertiary/aromatic N) is 3. The molecule has 0 spiro atoms. The van der Waals surface area contributed by atoms with Gasteiger partial charge in [0, 0.05) is 23.7 Å². The lowest BCUT2D eigenvalue weighted by Gasteiger charge is -2.26. The van der Waals surface area contributed by atoms with E-state index in [2.05, 4.69) is 15.5 Å². The molecule has 1 aliphatic heterocycles. The monoisotopic (exact) mass is 286 g/mol. The van der Waals surface area contributed by atoms with Crippen LogP contribution in [0.1, 0.15) is 16.9 Å². The Labute approximate surface area is 118 Å². The van der Waals surface area contributed by atoms with Gasteiger partial charge in [0.1, 0.15) is 0 Å². The van der Waals surface area contributed by atoms with E-state index in [0.717, 1.165) is 0 Å². The van der Waals surface area contributed by atoms with Crippen LogP contribution < -0.4 is 10.2 Å². The number of carbonyl (C=O) groups excluding carboxylic acids is 2. The smallest absolute Gasteiger partial charge is 0.357 e. The van der Waals surface area contributed by atoms with Crippen LogP contribution in [0.3, 0.4) is 0 Å². The molecule has 1 aromatic heterocycles. The van der Waals surface area contributed by atoms with Gasteiger partial charge in [0.2, 0.25) is 5.91 Å². The van der Waals surface area contributed by atoms with Gasteiger partial charge in [-0.2, -0.15) is 0 Å². The molecule has 2 aromatic rings. The predicted molar refractivity (Wildman–Crippen MR) is 72.0 cm³/mol. The number of rotatable bonds is 2. The van der Waals surface area contributed by atoms with Crippen molar-refractivity contribution in [2.75, 3.05) is 11.4 Å². The molecule has 1 aromatic carbocycles. The Bertz CT molecular complexity index is 774. The van der Waals surface area contributed by atoms with E-state index in [0.29, 0.717) is 10.8 Å². The molecule has 0 unspecified atom stereocenters. The van der Waals surface area contributed by atoms with Gasteiger partial charge in [-0.25, -0.2) is 9.59 Å². The maximum Gasteiger partial charge on any atom is 0.357 e. The molecule has 0 aliphatic carbocycles. The summed E-state index contributed by atoms with van der Waals surface area (Å²) in [6.45, 7) is 0.176. The molecular weight excluding hydrogens is 276 g/mol. The first-order valence-electron chi connectivity index (χ1n) is 6.18. The lowest BCUT2D eigenvalue weighted by molar-refractivity contribution is -0.120. The highest BCUT2D eigenvalue weighted by atomic mass is 16.4. The van der Waals surface area contributed by atoms with Gasteiger partial charge in [0.15, 0.2) is 11.5 Å². The highest BCUT2D eigenvalue weighted by Gasteiger charge is 2.27. The fraction of sp³-hybridized carbons (Fsp3) is 0.154. The summed E-state index contributed by atoms with van der Waals surface area (Å²) in [5.74, 6) is -1.31. The van der Waals surface area contributed by atoms with E-state index in [-0.39, 0.29) is 30.4 Å². The molecule has 21 heavy (non-hydrogen) atoms. The summed E-state index contributed by atoms with van der Waals surface area (Å²) >= 11 is 0. The summed E-state index contributed by atoms with van der Waals surface area (Å²) in [7, 11) is 0. The van der Waals surface area contributed by atoms with Crippen LogP contribution >= 0.6 is 0 Å². The third kappa shape index (κ3) is 2.16. The number of aromatic carboxylic acids is 1. The Kier molecular flexibility index (Phi) is 2.98. The van der Waals surface area contributed by atoms with E-state index in [1.165, 1.54) is 4.90 Å². The van der Waals surface area contributed by atoms with Gasteiger partial charge in [-0.05, 0) is 0 Å². The van der Waals surface area contributed by atoms with E-state index in [1.54, 1.807) is 24.3 Å². The Morgan fingerprint density at radius 2 is 1.90 bits per heavy atom. The minimum atomic E-state index is -1.19. The second-order valence-corrected chi connectivity index (χ2v) is 4.48. The minimum Gasteiger partial charge on any atom is -0.476 e. The Hall–Kier alpha value is -3.03. The van der Waals surface area contributed by atoms with Crippen LogP contribution in [-0.2, 0) is 4.79 Å². The predicted octanol–water partition coefficient (Wildman–Crippen LogP) is 0.774. The van der Waals surface area contributed by atoms with Crippen molar-refractivity contribution in [3.8, 4) is 0 Å². The van der Waals surface area contributed by atoms with Crippen LogP contribution in [0.5, 0.6) is 0 Å². The number of carboxylic acids is 1. The normalized spacial score (nSPS) is 15.1. The van der Waals surface area contributed by atoms with Crippen molar-refractivity contribution in [2.45, 2.75) is 6.42 Å². The number of hydrogen-bond donors (Lipinski definition) is 2. The summed E-state index contributed by atoms with van der Waals surface area (Å²) in [6.07, 6.45) is 0.155. The lowest BCUT2D eigenvalue weighted by Crippen LogP contribution is -2.50. The quantitative estimate of drug-likeness (QED) is 0.843. The molecular formula is C13H10N4O4. The largest absolute Gasteiger partial charge is 0.476 e. The van der Waals surface area contributed by atoms with Crippen LogP contribution in [0.15, 0.2) is 24.3 Å². The molecule has 1 fully saturated rings. The molecule has 3 amide bonds. The first-order valence-corrected chi connectivity index (χ1v) is 6.18. The molecule has 106 valence electrons. The number of fused-ring (bicyclic) bond motifs is 1. The molecule has 1 aliphatic rings. The van der Waals surface area contributed by atoms with Gasteiger partial charge >= 0.3 is 12.0 Å². The van der Waals surface area contributed by atoms with Crippen LogP contribution in [-0.4, -0.2) is 39.8 Å². The van der Waals surface area contributed by atoms with Crippen molar-refractivity contribution in [3.63, 3.8) is 0 Å². The van der Waals surface area contributed by atoms with E-state index in [1.807, 2.05) is 0 Å². The zero-order chi connectivity index (χ0) is 15.0. The van der Waals surface area contributed by atoms with Gasteiger partial charge in [-0.1, -0.05) is 24.3 Å². The van der Waals surface area contributed by atoms with Crippen LogP contribution in [0, 0.1) is 0 Å². The number of imide groups is 1. The van der Waals surface area contributed by atoms with Crippen molar-refractivity contribution in [2.24, 2.45) is 0 Å². The fourth-order valence-electron chi connectivity index (χ4n) is 2.21. The zero-order valence-corrected chi connectivity index (χ0v) is 10.7. The number of hydrogen-bond acceptors (Lipinski definition) is 5. The second-order valence-electron chi connectivity index (χ2n) is 4.48. The highest BCUT2D eigenvalue weighted by Crippen LogP contribution is 2.26. The standard InChI is InChI=1S/C13H10N4O4/c18-9-5-6-17(13(21)14-9)11-8-4-2-1-3-7(8)10(12(19)20)15-16-11/h1-4H,5-6H2,(H,19,20)(H,14,18,21). The number of nitrogens with one attached hydrogen (secondary N) is 1. The summed E-state index contributed by atoms with van der Waals surface area (Å²) in [5, 5.41) is 19.7. The number of aromatic nitrogens is 2. The van der Waals surface area contributed by atoms with Crippen molar-refractivity contribution in [1.29, 1.82) is 0 Å². The molecule has 0 saturated carbocycles. The van der Waals surface area contributed by atoms with Crippen molar-refractivity contribution in [3.05, 3.63) is 30.0 Å². The number of carboxylic acid groups (broad SMARTS) is 1. The molecule has 8 nitrogen and oxygen atoms in total. The minimum absolute atomic E-state index is 0.155. The van der Waals surface area contributed by atoms with Crippen LogP contribution in [0.2, 0.25) is 0 Å². The third-order valence-electron chi connectivity index (χ3n) is 3.18. The van der Waals surface area contributed by atoms with Gasteiger partial charge in [0.05, 0.1) is 0 Å². The molecule has 0 bridgehead atoms. The van der Waals surface area contributed by atoms with E-state index < -0.39 is 12.0 Å². The molecule has 0 atom stereocenters. The number of urea groups is 1. The third-order valence-corrected chi connectivity index (χ3v) is 3.18. The van der Waals surface area contributed by atoms with Crippen molar-refractivity contribution < 1.29 is 19.5 Å². The second kappa shape index (κ2) is 4.82. The Balaban J connectivity index is 2.16. The molecule has 1 saturated heterocycles. The molecule has 3 rings (SSSR count). The Morgan fingerprint density at radius 3 is 2.57 bits per heavy atom. The fourth-order valence-corrected chi connectivity index (χ4v) is 2.21. The lowest BCUT2D eigenvalue weighted by atomic mass is 10.1. The molecule has 2 N–H and O–H groups in total. The van der Waals surface area contributed by atoms with Crippen LogP contribution in [0.25, 0.3) is 10.8 Å². The zero-order valence-electron chi connectivity index (χ0n) is 10.7. The van der Waals surface area contributed by atoms with Gasteiger partial charge < -0.3 is 5.11 Å². The summed E-state index contributed by atoms with van der Waals surface area (Å²) in [6, 6.07) is 6.07. The first kappa shape index (κ1) is 13.0. The number of amides is 3. The molecule has 2 heterocycles. The van der Waals surface area contributed by atoms with Crippen LogP contribution in [0.4, 0.5) is 10.6 Å². The summed E-state index contributed by atoms with van der Waals surface area (Å²) in [5.41, 5.74) is -0.178. The Morgan fingerprint density at radius 1 is 1.19 bits per heavy atom. The average Bonchev–Trinajstić information content (AvgIpc) is 2.46. The summed E-state index contributed by atoms with van der Waals surface area (Å²) in [4.78, 5) is 35.5. The van der Waals surface area contributed by atoms with E-state index in [4.69, 9.17) is 5.11 Å². The number of benzene rings is 1. The van der Waals surface area contributed by atoms with Gasteiger partial charge in [0.25, 0.3) is 0 Å². The van der Waals surface area contributed by atoms with Gasteiger partial charge in [-0.3, -0.25) is 15.0 Å². The van der Waals surface area contributed by atoms with Crippen molar-refractivity contribution >= 4 is 34.5 Å². The SMILES string of the molecule is O=C1CCN(c2nnc(C(=O)O)c3ccccc23)C(=O)N1. The van der Waals surface area contributed by atoms with E-state index in [9.17, 15) is 14.4 Å². The number of anilines is 1. The van der Waals surface area contributed by atoms with Gasteiger partial charge in [-0.15, -0.1) is 10.2 Å². The molecule has 0 radical (unpaired) electrons. The maximum atomic E-state index is 11.9. The maximum absolute atomic E-state index is 11.9. The molecule has 8 heteroatoms. The first-order chi connectivity index (χ1) is 10.1. The topological polar surface area (TPSA) is 112 Å².